The summed E-state index contributed by atoms with van der Waals surface area (Å²) in [6.07, 6.45) is 12.1. The topological polar surface area (TPSA) is 49.2 Å². The number of likely N-dealkylation sites (N-methyl/N-ethyl adjacent to an activating group) is 1. The second-order valence-electron chi connectivity index (χ2n) is 8.85. The molecule has 6 rings (SSSR count). The zero-order valence-electron chi connectivity index (χ0n) is 18.4. The first-order valence-corrected chi connectivity index (χ1v) is 11.0. The first kappa shape index (κ1) is 19.1. The van der Waals surface area contributed by atoms with E-state index in [9.17, 15) is 0 Å². The van der Waals surface area contributed by atoms with Gasteiger partial charge in [-0.2, -0.15) is 0 Å². The minimum absolute atomic E-state index is 0.594. The van der Waals surface area contributed by atoms with E-state index < -0.39 is 0 Å². The molecule has 160 valence electrons. The lowest BCUT2D eigenvalue weighted by molar-refractivity contribution is 0.0894. The molecule has 4 heterocycles. The molecule has 6 nitrogen and oxygen atoms in total. The predicted octanol–water partition coefficient (Wildman–Crippen LogP) is 4.23. The molecule has 0 bridgehead atoms. The molecular formula is C26H26N6. The summed E-state index contributed by atoms with van der Waals surface area (Å²) in [6.45, 7) is 3.13. The summed E-state index contributed by atoms with van der Waals surface area (Å²) >= 11 is 0. The monoisotopic (exact) mass is 422 g/mol. The van der Waals surface area contributed by atoms with E-state index in [1.165, 1.54) is 16.6 Å². The van der Waals surface area contributed by atoms with Gasteiger partial charge in [-0.15, -0.1) is 0 Å². The number of hydrogen-bond acceptors (Lipinski definition) is 5. The van der Waals surface area contributed by atoms with Crippen LogP contribution in [0.1, 0.15) is 0 Å². The van der Waals surface area contributed by atoms with Crippen molar-refractivity contribution in [2.75, 3.05) is 32.0 Å². The van der Waals surface area contributed by atoms with Crippen LogP contribution in [-0.2, 0) is 7.05 Å². The van der Waals surface area contributed by atoms with Gasteiger partial charge in [0.05, 0.1) is 23.6 Å². The van der Waals surface area contributed by atoms with Gasteiger partial charge in [-0.05, 0) is 60.6 Å². The maximum absolute atomic E-state index is 4.66. The number of fused-ring (bicyclic) bond motifs is 2. The van der Waals surface area contributed by atoms with Gasteiger partial charge in [0.25, 0.3) is 0 Å². The molecule has 0 atom stereocenters. The number of likely N-dealkylation sites (tertiary alicyclic amines) is 1. The van der Waals surface area contributed by atoms with Gasteiger partial charge < -0.3 is 19.7 Å². The van der Waals surface area contributed by atoms with E-state index in [-0.39, 0.29) is 0 Å². The third-order valence-electron chi connectivity index (χ3n) is 6.52. The SMILES string of the molecule is CN1CC(N2C=CC=C(Nc3cc(-c4ccc5ccn(C)c5c4)c4nccnc4c3)C2)C1. The molecule has 32 heavy (non-hydrogen) atoms. The summed E-state index contributed by atoms with van der Waals surface area (Å²) in [5.74, 6) is 0. The molecule has 6 heteroatoms. The number of aryl methyl sites for hydroxylation is 1. The van der Waals surface area contributed by atoms with E-state index >= 15 is 0 Å². The second-order valence-corrected chi connectivity index (χ2v) is 8.85. The normalized spacial score (nSPS) is 17.1. The minimum atomic E-state index is 0.594. The van der Waals surface area contributed by atoms with Gasteiger partial charge in [-0.25, -0.2) is 0 Å². The zero-order chi connectivity index (χ0) is 21.7. The van der Waals surface area contributed by atoms with Crippen molar-refractivity contribution in [3.05, 3.63) is 79.0 Å². The smallest absolute Gasteiger partial charge is 0.0966 e. The van der Waals surface area contributed by atoms with Gasteiger partial charge >= 0.3 is 0 Å². The zero-order valence-corrected chi connectivity index (χ0v) is 18.4. The molecular weight excluding hydrogens is 396 g/mol. The van der Waals surface area contributed by atoms with Crippen molar-refractivity contribution < 1.29 is 0 Å². The molecule has 0 spiro atoms. The Morgan fingerprint density at radius 3 is 2.75 bits per heavy atom. The van der Waals surface area contributed by atoms with Gasteiger partial charge in [0.2, 0.25) is 0 Å². The Morgan fingerprint density at radius 2 is 1.88 bits per heavy atom. The van der Waals surface area contributed by atoms with E-state index in [1.54, 1.807) is 12.4 Å². The average molecular weight is 423 g/mol. The number of rotatable bonds is 4. The number of anilines is 1. The van der Waals surface area contributed by atoms with E-state index in [2.05, 4.69) is 105 Å². The largest absolute Gasteiger partial charge is 0.366 e. The lowest BCUT2D eigenvalue weighted by Gasteiger charge is -2.44. The van der Waals surface area contributed by atoms with E-state index in [1.807, 2.05) is 0 Å². The highest BCUT2D eigenvalue weighted by atomic mass is 15.3. The number of hydrogen-bond donors (Lipinski definition) is 1. The van der Waals surface area contributed by atoms with Crippen molar-refractivity contribution in [1.29, 1.82) is 0 Å². The Bertz CT molecular complexity index is 1380. The number of nitrogens with zero attached hydrogens (tertiary/aromatic N) is 5. The van der Waals surface area contributed by atoms with Crippen LogP contribution in [-0.4, -0.2) is 57.1 Å². The fourth-order valence-corrected chi connectivity index (χ4v) is 4.76. The number of benzene rings is 2. The summed E-state index contributed by atoms with van der Waals surface area (Å²) < 4.78 is 2.15. The summed E-state index contributed by atoms with van der Waals surface area (Å²) in [5, 5.41) is 4.89. The summed E-state index contributed by atoms with van der Waals surface area (Å²) in [7, 11) is 4.25. The van der Waals surface area contributed by atoms with Crippen molar-refractivity contribution >= 4 is 27.6 Å². The van der Waals surface area contributed by atoms with Crippen molar-refractivity contribution in [3.63, 3.8) is 0 Å². The van der Waals surface area contributed by atoms with Crippen molar-refractivity contribution in [2.45, 2.75) is 6.04 Å². The first-order chi connectivity index (χ1) is 15.6. The molecule has 1 saturated heterocycles. The number of nitrogens with one attached hydrogen (secondary N) is 1. The number of aromatic nitrogens is 3. The van der Waals surface area contributed by atoms with Gasteiger partial charge in [0.15, 0.2) is 0 Å². The van der Waals surface area contributed by atoms with Crippen LogP contribution in [0, 0.1) is 0 Å². The predicted molar refractivity (Wildman–Crippen MR) is 130 cm³/mol. The maximum atomic E-state index is 4.66. The molecule has 0 unspecified atom stereocenters. The summed E-state index contributed by atoms with van der Waals surface area (Å²) in [6, 6.07) is 13.6. The standard InChI is InChI=1S/C26H26N6/c1-30-16-22(17-30)32-10-3-4-20(15-32)29-21-13-23(26-24(14-21)27-8-9-28-26)19-6-5-18-7-11-31(2)25(18)12-19/h3-14,22,29H,15-17H2,1-2H3. The third-order valence-corrected chi connectivity index (χ3v) is 6.52. The van der Waals surface area contributed by atoms with E-state index in [0.717, 1.165) is 47.5 Å². The van der Waals surface area contributed by atoms with Crippen LogP contribution in [0.15, 0.2) is 79.0 Å². The average Bonchev–Trinajstić information content (AvgIpc) is 3.17. The molecule has 0 radical (unpaired) electrons. The highest BCUT2D eigenvalue weighted by molar-refractivity contribution is 5.97. The summed E-state index contributed by atoms with van der Waals surface area (Å²) in [5.41, 5.74) is 7.48. The highest BCUT2D eigenvalue weighted by Gasteiger charge is 2.28. The molecule has 0 saturated carbocycles. The fraction of sp³-hybridized carbons (Fsp3) is 0.231. The Balaban J connectivity index is 1.36. The van der Waals surface area contributed by atoms with Gasteiger partial charge in [0, 0.05) is 61.2 Å². The van der Waals surface area contributed by atoms with Crippen LogP contribution in [0.5, 0.6) is 0 Å². The molecule has 2 aliphatic rings. The van der Waals surface area contributed by atoms with Crippen molar-refractivity contribution in [2.24, 2.45) is 7.05 Å². The molecule has 1 N–H and O–H groups in total. The molecule has 2 aromatic carbocycles. The fourth-order valence-electron chi connectivity index (χ4n) is 4.76. The second kappa shape index (κ2) is 7.50. The molecule has 1 fully saturated rings. The lowest BCUT2D eigenvalue weighted by Crippen LogP contribution is -2.56. The van der Waals surface area contributed by atoms with Crippen LogP contribution >= 0.6 is 0 Å². The van der Waals surface area contributed by atoms with Crippen LogP contribution in [0.3, 0.4) is 0 Å². The van der Waals surface area contributed by atoms with E-state index in [4.69, 9.17) is 0 Å². The molecule has 2 aromatic heterocycles. The van der Waals surface area contributed by atoms with Crippen molar-refractivity contribution in [3.8, 4) is 11.1 Å². The Kier molecular flexibility index (Phi) is 4.47. The highest BCUT2D eigenvalue weighted by Crippen LogP contribution is 2.33. The summed E-state index contributed by atoms with van der Waals surface area (Å²) in [4.78, 5) is 14.0. The van der Waals surface area contributed by atoms with Crippen LogP contribution in [0.25, 0.3) is 33.1 Å². The van der Waals surface area contributed by atoms with Gasteiger partial charge in [-0.1, -0.05) is 12.1 Å². The van der Waals surface area contributed by atoms with E-state index in [0.29, 0.717) is 6.04 Å². The van der Waals surface area contributed by atoms with Crippen LogP contribution < -0.4 is 5.32 Å². The Morgan fingerprint density at radius 1 is 1.00 bits per heavy atom. The quantitative estimate of drug-likeness (QED) is 0.533. The van der Waals surface area contributed by atoms with Crippen LogP contribution in [0.4, 0.5) is 5.69 Å². The molecule has 4 aromatic rings. The van der Waals surface area contributed by atoms with Gasteiger partial charge in [0.1, 0.15) is 0 Å². The van der Waals surface area contributed by atoms with Gasteiger partial charge in [-0.3, -0.25) is 9.97 Å². The number of allylic oxidation sites excluding steroid dienone is 2. The third kappa shape index (κ3) is 3.33. The molecule has 0 aliphatic carbocycles. The van der Waals surface area contributed by atoms with Crippen molar-refractivity contribution in [1.82, 2.24) is 24.3 Å². The molecule has 2 aliphatic heterocycles. The lowest BCUT2D eigenvalue weighted by atomic mass is 10.0. The molecule has 0 amide bonds. The maximum Gasteiger partial charge on any atom is 0.0966 e. The Hall–Kier alpha value is -3.64. The van der Waals surface area contributed by atoms with Crippen LogP contribution in [0.2, 0.25) is 0 Å². The first-order valence-electron chi connectivity index (χ1n) is 11.0. The minimum Gasteiger partial charge on any atom is -0.366 e. The Labute approximate surface area is 187 Å².